The highest BCUT2D eigenvalue weighted by Gasteiger charge is 2.33. The number of halogens is 1. The zero-order valence-corrected chi connectivity index (χ0v) is 8.80. The van der Waals surface area contributed by atoms with E-state index >= 15 is 0 Å². The number of hydrogen-bond donors (Lipinski definition) is 1. The summed E-state index contributed by atoms with van der Waals surface area (Å²) in [6, 6.07) is 0. The van der Waals surface area contributed by atoms with Crippen molar-refractivity contribution in [3.63, 3.8) is 0 Å². The maximum absolute atomic E-state index is 11.9. The molecule has 0 fully saturated rings. The summed E-state index contributed by atoms with van der Waals surface area (Å²) in [7, 11) is -3.51. The molecular weight excluding hydrogens is 198 g/mol. The zero-order chi connectivity index (χ0) is 10.3. The Kier molecular flexibility index (Phi) is 6.51. The summed E-state index contributed by atoms with van der Waals surface area (Å²) in [6.45, 7) is 2.86. The Balaban J connectivity index is 4.28. The van der Waals surface area contributed by atoms with Gasteiger partial charge in [0.1, 0.15) is 0 Å². The van der Waals surface area contributed by atoms with E-state index in [-0.39, 0.29) is 19.6 Å². The second kappa shape index (κ2) is 6.49. The number of hydrogen-bond acceptors (Lipinski definition) is 4. The molecule has 0 radical (unpaired) electrons. The third-order valence-electron chi connectivity index (χ3n) is 1.35. The lowest BCUT2D eigenvalue weighted by molar-refractivity contribution is 0.139. The minimum absolute atomic E-state index is 0.167. The summed E-state index contributed by atoms with van der Waals surface area (Å²) in [4.78, 5) is 0. The highest BCUT2D eigenvalue weighted by Crippen LogP contribution is 2.52. The third-order valence-corrected chi connectivity index (χ3v) is 3.57. The van der Waals surface area contributed by atoms with E-state index in [2.05, 4.69) is 0 Å². The first-order valence-corrected chi connectivity index (χ1v) is 5.84. The molecule has 0 aromatic carbocycles. The van der Waals surface area contributed by atoms with Crippen LogP contribution in [0.15, 0.2) is 0 Å². The molecule has 0 spiro atoms. The predicted octanol–water partition coefficient (Wildman–Crippen LogP) is 1.93. The van der Waals surface area contributed by atoms with Gasteiger partial charge in [0.2, 0.25) is 0 Å². The van der Waals surface area contributed by atoms with Crippen LogP contribution in [-0.2, 0) is 13.6 Å². The van der Waals surface area contributed by atoms with Gasteiger partial charge in [-0.25, -0.2) is 0 Å². The van der Waals surface area contributed by atoms with Crippen molar-refractivity contribution >= 4 is 7.60 Å². The molecule has 0 heterocycles. The summed E-state index contributed by atoms with van der Waals surface area (Å²) in [5, 5.41) is 9.28. The van der Waals surface area contributed by atoms with Gasteiger partial charge in [-0.05, 0) is 13.8 Å². The van der Waals surface area contributed by atoms with Crippen LogP contribution in [0.5, 0.6) is 0 Å². The van der Waals surface area contributed by atoms with E-state index < -0.39 is 20.1 Å². The van der Waals surface area contributed by atoms with Crippen molar-refractivity contribution in [3.05, 3.63) is 0 Å². The molecule has 80 valence electrons. The minimum atomic E-state index is -3.51. The van der Waals surface area contributed by atoms with E-state index in [0.717, 1.165) is 0 Å². The molecule has 0 amide bonds. The van der Waals surface area contributed by atoms with Gasteiger partial charge in [-0.1, -0.05) is 0 Å². The summed E-state index contributed by atoms with van der Waals surface area (Å²) < 4.78 is 33.1. The quantitative estimate of drug-likeness (QED) is 0.658. The van der Waals surface area contributed by atoms with E-state index in [4.69, 9.17) is 9.05 Å². The molecule has 0 saturated carbocycles. The molecule has 13 heavy (non-hydrogen) atoms. The molecule has 0 aromatic rings. The molecule has 0 aromatic heterocycles. The van der Waals surface area contributed by atoms with Crippen molar-refractivity contribution in [1.29, 1.82) is 0 Å². The lowest BCUT2D eigenvalue weighted by Crippen LogP contribution is -2.13. The smallest absolute Gasteiger partial charge is 0.358 e. The Morgan fingerprint density at radius 3 is 2.15 bits per heavy atom. The van der Waals surface area contributed by atoms with Crippen LogP contribution in [0.3, 0.4) is 0 Å². The summed E-state index contributed by atoms with van der Waals surface area (Å²) >= 11 is 0. The molecule has 0 aliphatic rings. The second-order valence-electron chi connectivity index (χ2n) is 2.33. The van der Waals surface area contributed by atoms with Gasteiger partial charge in [0.15, 0.2) is 5.85 Å². The van der Waals surface area contributed by atoms with Gasteiger partial charge in [-0.3, -0.25) is 8.96 Å². The van der Waals surface area contributed by atoms with Gasteiger partial charge in [0.25, 0.3) is 0 Å². The molecule has 0 bridgehead atoms. The Bertz CT molecular complexity index is 166. The average Bonchev–Trinajstić information content (AvgIpc) is 2.05. The van der Waals surface area contributed by atoms with E-state index in [1.165, 1.54) is 0 Å². The first kappa shape index (κ1) is 13.0. The standard InChI is InChI=1S/C7H16FO4P/c1-3-11-13(10,12-4-2)7(9)5-6-8/h7,9H,3-6H2,1-2H3/t7-/m0/s1. The first-order valence-electron chi connectivity index (χ1n) is 4.23. The molecule has 0 aliphatic heterocycles. The Morgan fingerprint density at radius 1 is 1.38 bits per heavy atom. The van der Waals surface area contributed by atoms with Crippen LogP contribution in [-0.4, -0.2) is 30.8 Å². The lowest BCUT2D eigenvalue weighted by Gasteiger charge is -2.21. The summed E-state index contributed by atoms with van der Waals surface area (Å²) in [5.41, 5.74) is 0. The molecule has 1 N–H and O–H groups in total. The van der Waals surface area contributed by atoms with Crippen molar-refractivity contribution < 1.29 is 23.1 Å². The normalized spacial score (nSPS) is 14.5. The highest BCUT2D eigenvalue weighted by molar-refractivity contribution is 7.54. The molecule has 4 nitrogen and oxygen atoms in total. The summed E-state index contributed by atoms with van der Waals surface area (Å²) in [6.07, 6.45) is -0.225. The minimum Gasteiger partial charge on any atom is -0.380 e. The van der Waals surface area contributed by atoms with Crippen LogP contribution >= 0.6 is 7.60 Å². The molecule has 0 aliphatic carbocycles. The van der Waals surface area contributed by atoms with Gasteiger partial charge in [0, 0.05) is 6.42 Å². The van der Waals surface area contributed by atoms with E-state index in [9.17, 15) is 14.1 Å². The first-order chi connectivity index (χ1) is 6.10. The van der Waals surface area contributed by atoms with Crippen molar-refractivity contribution in [2.45, 2.75) is 26.1 Å². The van der Waals surface area contributed by atoms with Gasteiger partial charge in [-0.15, -0.1) is 0 Å². The molecular formula is C7H16FO4P. The molecule has 0 unspecified atom stereocenters. The topological polar surface area (TPSA) is 55.8 Å². The molecule has 0 saturated heterocycles. The SMILES string of the molecule is CCOP(=O)(OCC)[C@H](O)CCF. The van der Waals surface area contributed by atoms with Gasteiger partial charge in [-0.2, -0.15) is 0 Å². The molecule has 1 atom stereocenters. The van der Waals surface area contributed by atoms with E-state index in [1.54, 1.807) is 13.8 Å². The Morgan fingerprint density at radius 2 is 1.85 bits per heavy atom. The fourth-order valence-electron chi connectivity index (χ4n) is 0.825. The van der Waals surface area contributed by atoms with E-state index in [0.29, 0.717) is 0 Å². The Labute approximate surface area is 77.6 Å². The Hall–Kier alpha value is 0.0400. The number of aliphatic hydroxyl groups is 1. The maximum Gasteiger partial charge on any atom is 0.358 e. The third kappa shape index (κ3) is 4.18. The number of aliphatic hydroxyl groups excluding tert-OH is 1. The van der Waals surface area contributed by atoms with Gasteiger partial charge >= 0.3 is 7.60 Å². The zero-order valence-electron chi connectivity index (χ0n) is 7.90. The number of rotatable bonds is 7. The van der Waals surface area contributed by atoms with Crippen LogP contribution in [0.25, 0.3) is 0 Å². The predicted molar refractivity (Wildman–Crippen MR) is 47.5 cm³/mol. The van der Waals surface area contributed by atoms with Crippen LogP contribution in [0.1, 0.15) is 20.3 Å². The largest absolute Gasteiger partial charge is 0.380 e. The number of alkyl halides is 1. The van der Waals surface area contributed by atoms with Gasteiger partial charge in [0.05, 0.1) is 19.9 Å². The second-order valence-corrected chi connectivity index (χ2v) is 4.53. The fraction of sp³-hybridized carbons (Fsp3) is 1.00. The summed E-state index contributed by atoms with van der Waals surface area (Å²) in [5.74, 6) is -1.36. The highest BCUT2D eigenvalue weighted by atomic mass is 31.2. The molecule has 0 rings (SSSR count). The van der Waals surface area contributed by atoms with Crippen molar-refractivity contribution in [2.24, 2.45) is 0 Å². The van der Waals surface area contributed by atoms with E-state index in [1.807, 2.05) is 0 Å². The fourth-order valence-corrected chi connectivity index (χ4v) is 2.38. The van der Waals surface area contributed by atoms with Crippen LogP contribution in [0.4, 0.5) is 4.39 Å². The van der Waals surface area contributed by atoms with Crippen molar-refractivity contribution in [2.75, 3.05) is 19.9 Å². The average molecular weight is 214 g/mol. The van der Waals surface area contributed by atoms with Crippen LogP contribution in [0, 0.1) is 0 Å². The van der Waals surface area contributed by atoms with Crippen LogP contribution in [0.2, 0.25) is 0 Å². The van der Waals surface area contributed by atoms with Crippen molar-refractivity contribution in [1.82, 2.24) is 0 Å². The maximum atomic E-state index is 11.9. The molecule has 6 heteroatoms. The van der Waals surface area contributed by atoms with Crippen LogP contribution < -0.4 is 0 Å². The van der Waals surface area contributed by atoms with Gasteiger partial charge < -0.3 is 14.2 Å². The monoisotopic (exact) mass is 214 g/mol. The van der Waals surface area contributed by atoms with Crippen molar-refractivity contribution in [3.8, 4) is 0 Å². The lowest BCUT2D eigenvalue weighted by atomic mass is 10.5.